The number of benzene rings is 2. The van der Waals surface area contributed by atoms with Crippen molar-refractivity contribution in [2.24, 2.45) is 0 Å². The maximum atomic E-state index is 6.25. The number of nitrogens with zero attached hydrogens (tertiary/aromatic N) is 3. The number of hydrogen-bond donors (Lipinski definition) is 1. The van der Waals surface area contributed by atoms with E-state index in [0.717, 1.165) is 30.0 Å². The second-order valence-corrected chi connectivity index (χ2v) is 11.4. The largest absolute Gasteiger partial charge is 0.490 e. The molecule has 4 aromatic rings. The van der Waals surface area contributed by atoms with Crippen molar-refractivity contribution in [2.75, 3.05) is 4.90 Å². The molecule has 200 valence electrons. The molecule has 1 N–H and O–H groups in total. The minimum absolute atomic E-state index is 0.0557. The van der Waals surface area contributed by atoms with Crippen LogP contribution in [0.5, 0.6) is 5.75 Å². The zero-order valence-electron chi connectivity index (χ0n) is 23.1. The zero-order valence-corrected chi connectivity index (χ0v) is 24.0. The van der Waals surface area contributed by atoms with Crippen molar-refractivity contribution in [3.8, 4) is 11.4 Å². The number of ether oxygens (including phenoxy) is 1. The van der Waals surface area contributed by atoms with Gasteiger partial charge in [0, 0.05) is 29.0 Å². The van der Waals surface area contributed by atoms with E-state index in [1.807, 2.05) is 18.3 Å². The molecule has 39 heavy (non-hydrogen) atoms. The van der Waals surface area contributed by atoms with Gasteiger partial charge in [0.25, 0.3) is 0 Å². The fourth-order valence-electron chi connectivity index (χ4n) is 6.40. The number of anilines is 1. The van der Waals surface area contributed by atoms with E-state index in [2.05, 4.69) is 97.1 Å². The monoisotopic (exact) mass is 536 g/mol. The number of thiocarbonyl (C=S) groups is 1. The lowest BCUT2D eigenvalue weighted by Gasteiger charge is -2.28. The fraction of sp³-hybridized carbons (Fsp3) is 0.333. The molecule has 3 heterocycles. The third-order valence-electron chi connectivity index (χ3n) is 8.07. The average molecular weight is 537 g/mol. The van der Waals surface area contributed by atoms with Crippen LogP contribution in [0.2, 0.25) is 0 Å². The number of rotatable bonds is 6. The van der Waals surface area contributed by atoms with E-state index < -0.39 is 0 Å². The normalized spacial score (nSPS) is 19.5. The van der Waals surface area contributed by atoms with Gasteiger partial charge in [0.05, 0.1) is 23.9 Å². The van der Waals surface area contributed by atoms with Crippen molar-refractivity contribution in [3.05, 3.63) is 107 Å². The molecular weight excluding hydrogens is 500 g/mol. The van der Waals surface area contributed by atoms with Gasteiger partial charge in [-0.2, -0.15) is 0 Å². The molecule has 2 aromatic heterocycles. The highest BCUT2D eigenvalue weighted by molar-refractivity contribution is 7.80. The first-order valence-electron chi connectivity index (χ1n) is 13.9. The second kappa shape index (κ2) is 10.5. The SMILES string of the molecule is Cc1cc(C)cc(-n2c(C)cc([C@H]3[C@@H](c4ccccn4)NC(=S)N3c3ccc(OC4CCCC4)cc3)c2C)c1. The van der Waals surface area contributed by atoms with Crippen LogP contribution in [0.3, 0.4) is 0 Å². The molecule has 1 saturated carbocycles. The quantitative estimate of drug-likeness (QED) is 0.257. The Hall–Kier alpha value is -3.64. The van der Waals surface area contributed by atoms with Gasteiger partial charge in [-0.3, -0.25) is 4.98 Å². The van der Waals surface area contributed by atoms with Crippen molar-refractivity contribution in [1.82, 2.24) is 14.9 Å². The highest BCUT2D eigenvalue weighted by atomic mass is 32.1. The van der Waals surface area contributed by atoms with Gasteiger partial charge >= 0.3 is 0 Å². The molecule has 2 atom stereocenters. The average Bonchev–Trinajstić information content (AvgIpc) is 3.62. The van der Waals surface area contributed by atoms with Crippen LogP contribution in [0.4, 0.5) is 5.69 Å². The minimum Gasteiger partial charge on any atom is -0.490 e. The molecule has 0 amide bonds. The first-order valence-corrected chi connectivity index (χ1v) is 14.3. The van der Waals surface area contributed by atoms with E-state index in [4.69, 9.17) is 21.9 Å². The molecule has 1 saturated heterocycles. The van der Waals surface area contributed by atoms with E-state index in [9.17, 15) is 0 Å². The standard InChI is InChI=1S/C33H36N4OS/c1-21-17-22(2)19-26(18-21)36-23(3)20-29(24(36)4)32-31(30-11-7-8-16-34-30)35-33(39)37(32)25-12-14-28(15-13-25)38-27-9-5-6-10-27/h7-8,11-20,27,31-32H,5-6,9-10H2,1-4H3,(H,35,39)/t31-,32+/m1/s1. The minimum atomic E-state index is -0.0821. The summed E-state index contributed by atoms with van der Waals surface area (Å²) < 4.78 is 8.61. The first kappa shape index (κ1) is 25.6. The molecule has 6 rings (SSSR count). The van der Waals surface area contributed by atoms with Gasteiger partial charge in [-0.1, -0.05) is 12.1 Å². The van der Waals surface area contributed by atoms with Crippen LogP contribution in [0.15, 0.2) is 72.9 Å². The van der Waals surface area contributed by atoms with Crippen LogP contribution in [0.25, 0.3) is 5.69 Å². The Kier molecular flexibility index (Phi) is 6.90. The van der Waals surface area contributed by atoms with E-state index in [1.165, 1.54) is 46.6 Å². The van der Waals surface area contributed by atoms with Crippen LogP contribution in [0, 0.1) is 27.7 Å². The van der Waals surface area contributed by atoms with Crippen LogP contribution in [-0.2, 0) is 0 Å². The molecule has 0 spiro atoms. The first-order chi connectivity index (χ1) is 18.9. The van der Waals surface area contributed by atoms with Crippen molar-refractivity contribution in [2.45, 2.75) is 71.6 Å². The second-order valence-electron chi connectivity index (χ2n) is 11.0. The molecule has 1 aliphatic carbocycles. The third-order valence-corrected chi connectivity index (χ3v) is 8.39. The summed E-state index contributed by atoms with van der Waals surface area (Å²) in [7, 11) is 0. The Morgan fingerprint density at radius 2 is 1.59 bits per heavy atom. The lowest BCUT2D eigenvalue weighted by molar-refractivity contribution is 0.210. The van der Waals surface area contributed by atoms with Gasteiger partial charge < -0.3 is 19.5 Å². The summed E-state index contributed by atoms with van der Waals surface area (Å²) in [6.07, 6.45) is 6.99. The summed E-state index contributed by atoms with van der Waals surface area (Å²) in [6.45, 7) is 8.71. The number of aromatic nitrogens is 2. The fourth-order valence-corrected chi connectivity index (χ4v) is 6.74. The molecule has 2 aliphatic rings. The predicted octanol–water partition coefficient (Wildman–Crippen LogP) is 7.60. The summed E-state index contributed by atoms with van der Waals surface area (Å²) in [5.74, 6) is 0.926. The Morgan fingerprint density at radius 3 is 2.26 bits per heavy atom. The number of hydrogen-bond acceptors (Lipinski definition) is 3. The molecule has 0 radical (unpaired) electrons. The van der Waals surface area contributed by atoms with E-state index >= 15 is 0 Å². The van der Waals surface area contributed by atoms with Crippen molar-refractivity contribution >= 4 is 23.0 Å². The number of nitrogens with one attached hydrogen (secondary N) is 1. The Balaban J connectivity index is 1.42. The summed E-state index contributed by atoms with van der Waals surface area (Å²) >= 11 is 5.98. The van der Waals surface area contributed by atoms with E-state index in [1.54, 1.807) is 0 Å². The molecule has 0 bridgehead atoms. The van der Waals surface area contributed by atoms with Crippen molar-refractivity contribution < 1.29 is 4.74 Å². The molecule has 1 aliphatic heterocycles. The molecule has 5 nitrogen and oxygen atoms in total. The molecule has 0 unspecified atom stereocenters. The van der Waals surface area contributed by atoms with Gasteiger partial charge in [-0.15, -0.1) is 0 Å². The van der Waals surface area contributed by atoms with E-state index in [-0.39, 0.29) is 12.1 Å². The summed E-state index contributed by atoms with van der Waals surface area (Å²) in [4.78, 5) is 6.99. The lowest BCUT2D eigenvalue weighted by Crippen LogP contribution is -2.29. The summed E-state index contributed by atoms with van der Waals surface area (Å²) in [5.41, 5.74) is 9.38. The molecular formula is C33H36N4OS. The molecule has 6 heteroatoms. The maximum absolute atomic E-state index is 6.25. The zero-order chi connectivity index (χ0) is 27.1. The molecule has 2 fully saturated rings. The van der Waals surface area contributed by atoms with Crippen molar-refractivity contribution in [3.63, 3.8) is 0 Å². The number of pyridine rings is 1. The van der Waals surface area contributed by atoms with Crippen LogP contribution in [-0.4, -0.2) is 20.8 Å². The predicted molar refractivity (Wildman–Crippen MR) is 162 cm³/mol. The Morgan fingerprint density at radius 1 is 0.872 bits per heavy atom. The lowest BCUT2D eigenvalue weighted by atomic mass is 9.96. The maximum Gasteiger partial charge on any atom is 0.174 e. The highest BCUT2D eigenvalue weighted by Crippen LogP contribution is 2.44. The van der Waals surface area contributed by atoms with Gasteiger partial charge in [0.2, 0.25) is 0 Å². The van der Waals surface area contributed by atoms with Crippen LogP contribution >= 0.6 is 12.2 Å². The molecule has 2 aromatic carbocycles. The third kappa shape index (κ3) is 4.94. The van der Waals surface area contributed by atoms with Gasteiger partial charge in [0.15, 0.2) is 5.11 Å². The summed E-state index contributed by atoms with van der Waals surface area (Å²) in [5, 5.41) is 4.31. The van der Waals surface area contributed by atoms with Gasteiger partial charge in [0.1, 0.15) is 5.75 Å². The topological polar surface area (TPSA) is 42.3 Å². The van der Waals surface area contributed by atoms with Gasteiger partial charge in [-0.05, 0) is 137 Å². The Labute approximate surface area is 236 Å². The van der Waals surface area contributed by atoms with E-state index in [0.29, 0.717) is 11.2 Å². The van der Waals surface area contributed by atoms with Crippen LogP contribution in [0.1, 0.15) is 71.5 Å². The smallest absolute Gasteiger partial charge is 0.174 e. The number of aryl methyl sites for hydroxylation is 3. The van der Waals surface area contributed by atoms with Crippen LogP contribution < -0.4 is 15.0 Å². The Bertz CT molecular complexity index is 1470. The van der Waals surface area contributed by atoms with Gasteiger partial charge in [-0.25, -0.2) is 0 Å². The van der Waals surface area contributed by atoms with Crippen molar-refractivity contribution in [1.29, 1.82) is 0 Å². The summed E-state index contributed by atoms with van der Waals surface area (Å²) in [6, 6.07) is 23.4. The highest BCUT2D eigenvalue weighted by Gasteiger charge is 2.42.